The van der Waals surface area contributed by atoms with Gasteiger partial charge in [0.05, 0.1) is 0 Å². The summed E-state index contributed by atoms with van der Waals surface area (Å²) in [5.74, 6) is 0. The molecule has 0 atom stereocenters. The molecule has 0 radical (unpaired) electrons. The lowest BCUT2D eigenvalue weighted by atomic mass is 11.9. The number of hydrogen-bond acceptors (Lipinski definition) is 3. The Bertz CT molecular complexity index is 30.1. The van der Waals surface area contributed by atoms with Crippen LogP contribution in [0.15, 0.2) is 0 Å². The zero-order chi connectivity index (χ0) is 5.54. The summed E-state index contributed by atoms with van der Waals surface area (Å²) in [7, 11) is -0.863. The quantitative estimate of drug-likeness (QED) is 0.219. The lowest BCUT2D eigenvalue weighted by Gasteiger charge is -1.95. The van der Waals surface area contributed by atoms with Crippen LogP contribution in [0.4, 0.5) is 0 Å². The Morgan fingerprint density at radius 2 is 1.43 bits per heavy atom. The van der Waals surface area contributed by atoms with Gasteiger partial charge in [-0.05, 0) is 13.1 Å². The van der Waals surface area contributed by atoms with Gasteiger partial charge in [-0.15, -0.1) is 0 Å². The van der Waals surface area contributed by atoms with Gasteiger partial charge in [0.1, 0.15) is 0 Å². The highest BCUT2D eigenvalue weighted by Crippen LogP contribution is 1.73. The predicted octanol–water partition coefficient (Wildman–Crippen LogP) is -0.870. The smallest absolute Gasteiger partial charge is 0.209 e. The van der Waals surface area contributed by atoms with Crippen LogP contribution in [0, 0.1) is 0 Å². The first-order valence-electron chi connectivity index (χ1n) is 2.32. The van der Waals surface area contributed by atoms with Crippen molar-refractivity contribution >= 4 is 19.5 Å². The van der Waals surface area contributed by atoms with Crippen LogP contribution in [-0.2, 0) is 14.2 Å². The van der Waals surface area contributed by atoms with E-state index in [1.807, 2.05) is 13.1 Å². The highest BCUT2D eigenvalue weighted by Gasteiger charge is 1.78. The summed E-state index contributed by atoms with van der Waals surface area (Å²) in [6, 6.07) is 0. The molecule has 3 nitrogen and oxygen atoms in total. The van der Waals surface area contributed by atoms with Gasteiger partial charge in [0.2, 0.25) is 19.5 Å². The fourth-order valence-corrected chi connectivity index (χ4v) is 0.595. The number of hydrogen-bond donors (Lipinski definition) is 0. The van der Waals surface area contributed by atoms with E-state index in [9.17, 15) is 0 Å². The van der Waals surface area contributed by atoms with Crippen LogP contribution in [0.2, 0.25) is 13.1 Å². The molecule has 0 aromatic rings. The maximum absolute atomic E-state index is 4.53. The second kappa shape index (κ2) is 6.31. The topological polar surface area (TPSA) is 27.7 Å². The van der Waals surface area contributed by atoms with Crippen LogP contribution in [0.5, 0.6) is 0 Å². The van der Waals surface area contributed by atoms with Crippen molar-refractivity contribution in [2.45, 2.75) is 13.1 Å². The van der Waals surface area contributed by atoms with Crippen LogP contribution in [0.1, 0.15) is 0 Å². The van der Waals surface area contributed by atoms with Crippen molar-refractivity contribution in [3.8, 4) is 0 Å². The van der Waals surface area contributed by atoms with E-state index in [1.165, 1.54) is 0 Å². The van der Waals surface area contributed by atoms with E-state index in [0.29, 0.717) is 0 Å². The fraction of sp³-hybridized carbons (Fsp3) is 1.00. The van der Waals surface area contributed by atoms with E-state index in [-0.39, 0.29) is 0 Å². The molecule has 0 fully saturated rings. The van der Waals surface area contributed by atoms with E-state index in [0.717, 1.165) is 0 Å². The molecular formula is C2H10O3Si2. The summed E-state index contributed by atoms with van der Waals surface area (Å²) >= 11 is 0. The van der Waals surface area contributed by atoms with Crippen molar-refractivity contribution in [3.05, 3.63) is 0 Å². The van der Waals surface area contributed by atoms with Gasteiger partial charge in [-0.25, -0.2) is 0 Å². The molecule has 0 rings (SSSR count). The molecule has 0 N–H and O–H groups in total. The molecular weight excluding hydrogens is 128 g/mol. The minimum Gasteiger partial charge on any atom is -0.266 e. The van der Waals surface area contributed by atoms with Gasteiger partial charge in [0.15, 0.2) is 0 Å². The van der Waals surface area contributed by atoms with E-state index >= 15 is 0 Å². The summed E-state index contributed by atoms with van der Waals surface area (Å²) in [4.78, 5) is 0. The van der Waals surface area contributed by atoms with Crippen molar-refractivity contribution in [2.24, 2.45) is 0 Å². The Kier molecular flexibility index (Phi) is 6.60. The van der Waals surface area contributed by atoms with Crippen molar-refractivity contribution in [1.29, 1.82) is 0 Å². The first-order chi connectivity index (χ1) is 3.41. The van der Waals surface area contributed by atoms with Crippen LogP contribution in [0.25, 0.3) is 0 Å². The molecule has 0 aromatic carbocycles. The summed E-state index contributed by atoms with van der Waals surface area (Å²) in [5.41, 5.74) is 0. The Hall–Kier alpha value is 0.314. The zero-order valence-corrected chi connectivity index (χ0v) is 7.47. The molecule has 0 aliphatic carbocycles. The van der Waals surface area contributed by atoms with Gasteiger partial charge < -0.3 is 0 Å². The minimum absolute atomic E-state index is 0.431. The molecule has 0 aromatic heterocycles. The maximum atomic E-state index is 4.53. The Balaban J connectivity index is 2.45. The molecule has 0 heterocycles. The van der Waals surface area contributed by atoms with Gasteiger partial charge in [-0.1, -0.05) is 5.04 Å². The molecule has 0 aliphatic rings. The van der Waals surface area contributed by atoms with Crippen LogP contribution in [0.3, 0.4) is 0 Å². The van der Waals surface area contributed by atoms with Crippen molar-refractivity contribution < 1.29 is 14.2 Å². The molecule has 44 valence electrons. The van der Waals surface area contributed by atoms with Gasteiger partial charge >= 0.3 is 0 Å². The first kappa shape index (κ1) is 7.31. The third-order valence-corrected chi connectivity index (χ3v) is 0.996. The molecule has 0 saturated carbocycles. The molecule has 0 aliphatic heterocycles. The van der Waals surface area contributed by atoms with Crippen molar-refractivity contribution in [3.63, 3.8) is 0 Å². The van der Waals surface area contributed by atoms with Crippen LogP contribution < -0.4 is 0 Å². The largest absolute Gasteiger partial charge is 0.266 e. The van der Waals surface area contributed by atoms with Crippen molar-refractivity contribution in [2.75, 3.05) is 0 Å². The number of rotatable bonds is 4. The lowest BCUT2D eigenvalue weighted by molar-refractivity contribution is -0.417. The van der Waals surface area contributed by atoms with E-state index in [2.05, 4.69) is 14.2 Å². The van der Waals surface area contributed by atoms with Crippen molar-refractivity contribution in [1.82, 2.24) is 0 Å². The molecule has 0 spiro atoms. The van der Waals surface area contributed by atoms with Crippen LogP contribution >= 0.6 is 0 Å². The molecule has 7 heavy (non-hydrogen) atoms. The highest BCUT2D eigenvalue weighted by atomic mass is 28.2. The minimum atomic E-state index is -0.431. The molecule has 0 amide bonds. The average molecular weight is 138 g/mol. The van der Waals surface area contributed by atoms with Gasteiger partial charge in [0.25, 0.3) is 0 Å². The lowest BCUT2D eigenvalue weighted by Crippen LogP contribution is -1.98. The molecule has 0 saturated heterocycles. The summed E-state index contributed by atoms with van der Waals surface area (Å²) in [6.07, 6.45) is 0. The summed E-state index contributed by atoms with van der Waals surface area (Å²) in [6.45, 7) is 3.95. The monoisotopic (exact) mass is 138 g/mol. The van der Waals surface area contributed by atoms with E-state index in [1.54, 1.807) is 0 Å². The van der Waals surface area contributed by atoms with Crippen LogP contribution in [-0.4, -0.2) is 19.5 Å². The Morgan fingerprint density at radius 1 is 1.00 bits per heavy atom. The normalized spacial score (nSPS) is 12.9. The summed E-state index contributed by atoms with van der Waals surface area (Å²) < 4.78 is 9.05. The third-order valence-electron chi connectivity index (χ3n) is 0.332. The third kappa shape index (κ3) is 6.31. The standard InChI is InChI=1S/C2H10O3Si2/c1-6-4-3-5-7-2/h6-7H2,1-2H3. The maximum Gasteiger partial charge on any atom is 0.209 e. The molecule has 0 bridgehead atoms. The SMILES string of the molecule is C[SiH2]OOO[SiH2]C. The molecule has 5 heteroatoms. The average Bonchev–Trinajstić information content (AvgIpc) is 1.69. The Labute approximate surface area is 47.7 Å². The predicted molar refractivity (Wildman–Crippen MR) is 32.1 cm³/mol. The van der Waals surface area contributed by atoms with Gasteiger partial charge in [0, 0.05) is 0 Å². The van der Waals surface area contributed by atoms with Gasteiger partial charge in [-0.2, -0.15) is 0 Å². The fourth-order valence-electron chi connectivity index (χ4n) is 0.130. The second-order valence-electron chi connectivity index (χ2n) is 0.881. The highest BCUT2D eigenvalue weighted by molar-refractivity contribution is 6.25. The molecule has 0 unspecified atom stereocenters. The van der Waals surface area contributed by atoms with E-state index in [4.69, 9.17) is 0 Å². The summed E-state index contributed by atoms with van der Waals surface area (Å²) in [5, 5.41) is 4.26. The zero-order valence-electron chi connectivity index (χ0n) is 4.64. The second-order valence-corrected chi connectivity index (χ2v) is 2.51. The first-order valence-corrected chi connectivity index (χ1v) is 6.31. The Morgan fingerprint density at radius 3 is 1.71 bits per heavy atom. The van der Waals surface area contributed by atoms with Gasteiger partial charge in [-0.3, -0.25) is 9.15 Å². The van der Waals surface area contributed by atoms with E-state index < -0.39 is 19.5 Å².